The molecule has 6 heterocycles. The van der Waals surface area contributed by atoms with Gasteiger partial charge in [-0.2, -0.15) is 5.10 Å². The van der Waals surface area contributed by atoms with Crippen LogP contribution in [0.5, 0.6) is 0 Å². The van der Waals surface area contributed by atoms with Crippen LogP contribution in [0, 0.1) is 27.7 Å². The fourth-order valence-corrected chi connectivity index (χ4v) is 4.58. The van der Waals surface area contributed by atoms with Gasteiger partial charge in [0.2, 0.25) is 0 Å². The summed E-state index contributed by atoms with van der Waals surface area (Å²) in [7, 11) is 0. The Morgan fingerprint density at radius 3 is 1.56 bits per heavy atom. The molecule has 8 rings (SSSR count). The molecule has 0 aliphatic rings. The molecule has 39 heavy (non-hydrogen) atoms. The van der Waals surface area contributed by atoms with Gasteiger partial charge in [0.05, 0.1) is 56.0 Å². The topological polar surface area (TPSA) is 169 Å². The van der Waals surface area contributed by atoms with E-state index in [0.29, 0.717) is 0 Å². The summed E-state index contributed by atoms with van der Waals surface area (Å²) < 4.78 is 0. The zero-order valence-corrected chi connectivity index (χ0v) is 21.7. The molecule has 5 N–H and O–H groups in total. The molecule has 192 valence electrons. The zero-order chi connectivity index (χ0) is 26.7. The molecule has 0 aliphatic heterocycles. The van der Waals surface area contributed by atoms with Crippen molar-refractivity contribution >= 4 is 44.1 Å². The number of benzene rings is 2. The summed E-state index contributed by atoms with van der Waals surface area (Å²) in [5, 5.41) is 7.13. The number of hydrogen-bond donors (Lipinski definition) is 5. The summed E-state index contributed by atoms with van der Waals surface area (Å²) in [6, 6.07) is 9.96. The molecule has 0 radical (unpaired) electrons. The second-order valence-corrected chi connectivity index (χ2v) is 9.57. The van der Waals surface area contributed by atoms with E-state index in [1.54, 1.807) is 12.4 Å². The highest BCUT2D eigenvalue weighted by Gasteiger charge is 2.11. The minimum absolute atomic E-state index is 0.719. The second-order valence-electron chi connectivity index (χ2n) is 9.57. The lowest BCUT2D eigenvalue weighted by atomic mass is 10.3. The minimum atomic E-state index is 0.719. The molecule has 0 atom stereocenters. The van der Waals surface area contributed by atoms with Crippen molar-refractivity contribution in [1.29, 1.82) is 0 Å². The molecule has 12 nitrogen and oxygen atoms in total. The first-order chi connectivity index (χ1) is 18.9. The number of aryl methyl sites for hydroxylation is 4. The van der Waals surface area contributed by atoms with E-state index in [4.69, 9.17) is 0 Å². The Kier molecular flexibility index (Phi) is 5.01. The average molecular weight is 517 g/mol. The molecule has 0 fully saturated rings. The van der Waals surface area contributed by atoms with Crippen molar-refractivity contribution in [2.45, 2.75) is 27.7 Å². The quantitative estimate of drug-likeness (QED) is 0.216. The summed E-state index contributed by atoms with van der Waals surface area (Å²) in [5.41, 5.74) is 11.0. The predicted molar refractivity (Wildman–Crippen MR) is 149 cm³/mol. The van der Waals surface area contributed by atoms with Crippen LogP contribution in [0.3, 0.4) is 0 Å². The number of aromatic amines is 5. The van der Waals surface area contributed by atoms with Gasteiger partial charge in [0.1, 0.15) is 23.0 Å². The van der Waals surface area contributed by atoms with Gasteiger partial charge in [-0.15, -0.1) is 0 Å². The standard InChI is InChI=1S/C14H12N6.C13H12N6/c1-7-5-16-13(6-15-7)14-19-11-3-9-10(4-12(11)20-14)18-8(2)17-9;1-6-3-12(19-18-6)13-16-10-4-8-9(5-11(10)17-13)15-7(2)14-8/h3-6H,1-2H3,(H,17,18)(H,19,20);3-5H,1-2H3,(H,14,15)(H,16,17)(H,18,19). The van der Waals surface area contributed by atoms with Gasteiger partial charge in [-0.3, -0.25) is 10.1 Å². The minimum Gasteiger partial charge on any atom is -0.342 e. The number of imidazole rings is 4. The second kappa shape index (κ2) is 8.58. The zero-order valence-electron chi connectivity index (χ0n) is 21.7. The largest absolute Gasteiger partial charge is 0.342 e. The van der Waals surface area contributed by atoms with Gasteiger partial charge in [-0.25, -0.2) is 24.9 Å². The maximum atomic E-state index is 4.56. The third kappa shape index (κ3) is 4.17. The number of nitrogens with one attached hydrogen (secondary N) is 5. The van der Waals surface area contributed by atoms with E-state index in [2.05, 4.69) is 60.0 Å². The summed E-state index contributed by atoms with van der Waals surface area (Å²) >= 11 is 0. The van der Waals surface area contributed by atoms with Crippen molar-refractivity contribution < 1.29 is 0 Å². The normalized spacial score (nSPS) is 11.6. The van der Waals surface area contributed by atoms with Crippen LogP contribution in [0.25, 0.3) is 67.2 Å². The van der Waals surface area contributed by atoms with Crippen LogP contribution in [-0.2, 0) is 0 Å². The molecular weight excluding hydrogens is 492 g/mol. The molecule has 0 saturated carbocycles. The van der Waals surface area contributed by atoms with Crippen molar-refractivity contribution in [2.75, 3.05) is 0 Å². The molecular formula is C27H24N12. The predicted octanol–water partition coefficient (Wildman–Crippen LogP) is 4.96. The van der Waals surface area contributed by atoms with Crippen molar-refractivity contribution in [3.05, 3.63) is 65.8 Å². The molecule has 12 heteroatoms. The van der Waals surface area contributed by atoms with E-state index < -0.39 is 0 Å². The first-order valence-corrected chi connectivity index (χ1v) is 12.4. The number of nitrogens with zero attached hydrogens (tertiary/aromatic N) is 7. The highest BCUT2D eigenvalue weighted by molar-refractivity contribution is 5.93. The maximum absolute atomic E-state index is 4.56. The van der Waals surface area contributed by atoms with E-state index in [-0.39, 0.29) is 0 Å². The van der Waals surface area contributed by atoms with Gasteiger partial charge >= 0.3 is 0 Å². The Labute approximate surface area is 220 Å². The van der Waals surface area contributed by atoms with Crippen molar-refractivity contribution in [2.24, 2.45) is 0 Å². The third-order valence-electron chi connectivity index (χ3n) is 6.38. The molecule has 0 aliphatic carbocycles. The fraction of sp³-hybridized carbons (Fsp3) is 0.148. The first kappa shape index (κ1) is 22.8. The number of H-pyrrole nitrogens is 5. The lowest BCUT2D eigenvalue weighted by Gasteiger charge is -1.94. The van der Waals surface area contributed by atoms with Gasteiger partial charge in [-0.1, -0.05) is 0 Å². The van der Waals surface area contributed by atoms with Gasteiger partial charge < -0.3 is 19.9 Å². The lowest BCUT2D eigenvalue weighted by molar-refractivity contribution is 1.04. The molecule has 8 aromatic rings. The SMILES string of the molecule is Cc1cc(-c2nc3cc4nc(C)[nH]c4cc3[nH]2)n[nH]1.Cc1cnc(-c2nc3cc4nc(C)[nH]c4cc3[nH]2)cn1. The first-order valence-electron chi connectivity index (χ1n) is 12.4. The van der Waals surface area contributed by atoms with E-state index >= 15 is 0 Å². The van der Waals surface area contributed by atoms with Gasteiger partial charge in [0.25, 0.3) is 0 Å². The van der Waals surface area contributed by atoms with Gasteiger partial charge in [-0.05, 0) is 58.0 Å². The lowest BCUT2D eigenvalue weighted by Crippen LogP contribution is -1.89. The smallest absolute Gasteiger partial charge is 0.159 e. The average Bonchev–Trinajstić information content (AvgIpc) is 3.71. The Balaban J connectivity index is 0.000000130. The number of aromatic nitrogens is 12. The summed E-state index contributed by atoms with van der Waals surface area (Å²) in [6.45, 7) is 7.76. The third-order valence-corrected chi connectivity index (χ3v) is 6.38. The van der Waals surface area contributed by atoms with Crippen molar-refractivity contribution in [1.82, 2.24) is 60.0 Å². The molecule has 0 amide bonds. The monoisotopic (exact) mass is 516 g/mol. The number of hydrogen-bond acceptors (Lipinski definition) is 7. The highest BCUT2D eigenvalue weighted by atomic mass is 15.1. The summed E-state index contributed by atoms with van der Waals surface area (Å²) in [6.07, 6.45) is 3.46. The Bertz CT molecular complexity index is 2020. The van der Waals surface area contributed by atoms with Crippen LogP contribution >= 0.6 is 0 Å². The fourth-order valence-electron chi connectivity index (χ4n) is 4.58. The van der Waals surface area contributed by atoms with E-state index in [1.807, 2.05) is 58.0 Å². The van der Waals surface area contributed by atoms with Crippen LogP contribution in [0.4, 0.5) is 0 Å². The van der Waals surface area contributed by atoms with Crippen molar-refractivity contribution in [3.8, 4) is 23.0 Å². The molecule has 0 unspecified atom stereocenters. The summed E-state index contributed by atoms with van der Waals surface area (Å²) in [4.78, 5) is 39.5. The molecule has 2 aromatic carbocycles. The van der Waals surface area contributed by atoms with Crippen LogP contribution < -0.4 is 0 Å². The van der Waals surface area contributed by atoms with Gasteiger partial charge in [0.15, 0.2) is 11.6 Å². The number of fused-ring (bicyclic) bond motifs is 4. The Hall–Kier alpha value is -5.39. The Morgan fingerprint density at radius 2 is 1.05 bits per heavy atom. The van der Waals surface area contributed by atoms with Crippen LogP contribution in [-0.4, -0.2) is 60.0 Å². The molecule has 0 saturated heterocycles. The van der Waals surface area contributed by atoms with E-state index in [1.165, 1.54) is 0 Å². The van der Waals surface area contributed by atoms with Gasteiger partial charge in [0, 0.05) is 11.9 Å². The Morgan fingerprint density at radius 1 is 0.513 bits per heavy atom. The summed E-state index contributed by atoms with van der Waals surface area (Å²) in [5.74, 6) is 3.30. The van der Waals surface area contributed by atoms with E-state index in [9.17, 15) is 0 Å². The maximum Gasteiger partial charge on any atom is 0.159 e. The van der Waals surface area contributed by atoms with E-state index in [0.717, 1.165) is 90.2 Å². The molecule has 0 bridgehead atoms. The van der Waals surface area contributed by atoms with Crippen molar-refractivity contribution in [3.63, 3.8) is 0 Å². The molecule has 6 aromatic heterocycles. The molecule has 0 spiro atoms. The van der Waals surface area contributed by atoms with Crippen LogP contribution in [0.2, 0.25) is 0 Å². The number of rotatable bonds is 2. The van der Waals surface area contributed by atoms with Crippen LogP contribution in [0.1, 0.15) is 23.0 Å². The van der Waals surface area contributed by atoms with Crippen LogP contribution in [0.15, 0.2) is 42.7 Å². The highest BCUT2D eigenvalue weighted by Crippen LogP contribution is 2.24.